The smallest absolute Gasteiger partial charge is 0.138 e. The number of rotatable bonds is 1. The van der Waals surface area contributed by atoms with Gasteiger partial charge in [0.05, 0.1) is 11.7 Å². The number of aromatic nitrogens is 2. The highest BCUT2D eigenvalue weighted by Gasteiger charge is 2.21. The molecule has 1 aliphatic heterocycles. The molecule has 2 rings (SSSR count). The van der Waals surface area contributed by atoms with Crippen molar-refractivity contribution >= 4 is 0 Å². The van der Waals surface area contributed by atoms with Gasteiger partial charge in [-0.25, -0.2) is 0 Å². The van der Waals surface area contributed by atoms with Crippen molar-refractivity contribution in [1.29, 1.82) is 5.26 Å². The minimum atomic E-state index is 0.373. The van der Waals surface area contributed by atoms with Crippen LogP contribution in [0.15, 0.2) is 6.07 Å². The van der Waals surface area contributed by atoms with Gasteiger partial charge in [-0.05, 0) is 19.0 Å². The minimum absolute atomic E-state index is 0.373. The normalized spacial score (nSPS) is 21.5. The van der Waals surface area contributed by atoms with Gasteiger partial charge in [-0.1, -0.05) is 0 Å². The lowest BCUT2D eigenvalue weighted by Gasteiger charge is -2.25. The van der Waals surface area contributed by atoms with E-state index in [1.807, 2.05) is 6.07 Å². The molecule has 0 amide bonds. The van der Waals surface area contributed by atoms with Crippen molar-refractivity contribution in [2.24, 2.45) is 7.05 Å². The molecule has 0 saturated carbocycles. The summed E-state index contributed by atoms with van der Waals surface area (Å²) in [4.78, 5) is 0. The van der Waals surface area contributed by atoms with Crippen LogP contribution in [-0.4, -0.2) is 16.3 Å². The molecule has 1 atom stereocenters. The van der Waals surface area contributed by atoms with Crippen molar-refractivity contribution in [2.45, 2.75) is 12.5 Å². The average molecular weight is 162 g/mol. The van der Waals surface area contributed by atoms with Gasteiger partial charge < -0.3 is 5.32 Å². The van der Waals surface area contributed by atoms with Crippen molar-refractivity contribution in [1.82, 2.24) is 15.1 Å². The van der Waals surface area contributed by atoms with Crippen molar-refractivity contribution in [3.63, 3.8) is 0 Å². The highest BCUT2D eigenvalue weighted by molar-refractivity contribution is 5.25. The quantitative estimate of drug-likeness (QED) is 0.647. The Labute approximate surface area is 70.8 Å². The van der Waals surface area contributed by atoms with E-state index in [0.29, 0.717) is 11.7 Å². The monoisotopic (exact) mass is 162 g/mol. The fourth-order valence-electron chi connectivity index (χ4n) is 1.31. The molecule has 1 aliphatic rings. The van der Waals surface area contributed by atoms with Crippen molar-refractivity contribution in [3.8, 4) is 6.07 Å². The number of hydrogen-bond donors (Lipinski definition) is 1. The first-order chi connectivity index (χ1) is 5.81. The van der Waals surface area contributed by atoms with Crippen LogP contribution in [0.5, 0.6) is 0 Å². The second-order valence-corrected chi connectivity index (χ2v) is 2.99. The Balaban J connectivity index is 2.28. The molecule has 1 unspecified atom stereocenters. The van der Waals surface area contributed by atoms with E-state index in [9.17, 15) is 0 Å². The molecule has 0 bridgehead atoms. The molecule has 1 saturated heterocycles. The van der Waals surface area contributed by atoms with Crippen LogP contribution in [0.4, 0.5) is 0 Å². The minimum Gasteiger partial charge on any atom is -0.308 e. The van der Waals surface area contributed by atoms with Crippen LogP contribution in [0, 0.1) is 11.3 Å². The van der Waals surface area contributed by atoms with E-state index in [1.165, 1.54) is 0 Å². The van der Waals surface area contributed by atoms with Gasteiger partial charge in [0.25, 0.3) is 0 Å². The molecular formula is C8H10N4. The number of hydrogen-bond acceptors (Lipinski definition) is 3. The predicted molar refractivity (Wildman–Crippen MR) is 43.3 cm³/mol. The number of nitrogens with one attached hydrogen (secondary N) is 1. The fourth-order valence-corrected chi connectivity index (χ4v) is 1.31. The van der Waals surface area contributed by atoms with E-state index in [-0.39, 0.29) is 0 Å². The highest BCUT2D eigenvalue weighted by Crippen LogP contribution is 2.21. The zero-order valence-corrected chi connectivity index (χ0v) is 6.91. The van der Waals surface area contributed by atoms with Gasteiger partial charge in [0.1, 0.15) is 11.8 Å². The molecule has 1 fully saturated rings. The molecule has 1 N–H and O–H groups in total. The third-order valence-electron chi connectivity index (χ3n) is 2.19. The molecule has 0 aromatic carbocycles. The zero-order valence-electron chi connectivity index (χ0n) is 6.91. The first kappa shape index (κ1) is 7.32. The van der Waals surface area contributed by atoms with E-state index < -0.39 is 0 Å². The van der Waals surface area contributed by atoms with Gasteiger partial charge in [0, 0.05) is 7.05 Å². The summed E-state index contributed by atoms with van der Waals surface area (Å²) in [7, 11) is 1.79. The average Bonchev–Trinajstić information content (AvgIpc) is 2.27. The summed E-state index contributed by atoms with van der Waals surface area (Å²) < 4.78 is 1.62. The third-order valence-corrected chi connectivity index (χ3v) is 2.19. The number of aryl methyl sites for hydroxylation is 1. The van der Waals surface area contributed by atoms with Crippen molar-refractivity contribution in [3.05, 3.63) is 17.5 Å². The van der Waals surface area contributed by atoms with E-state index in [4.69, 9.17) is 5.26 Å². The van der Waals surface area contributed by atoms with Crippen LogP contribution in [0.3, 0.4) is 0 Å². The molecule has 0 aliphatic carbocycles. The maximum atomic E-state index is 8.67. The van der Waals surface area contributed by atoms with E-state index in [0.717, 1.165) is 18.7 Å². The van der Waals surface area contributed by atoms with Crippen LogP contribution < -0.4 is 5.32 Å². The van der Waals surface area contributed by atoms with Crippen molar-refractivity contribution < 1.29 is 0 Å². The van der Waals surface area contributed by atoms with Crippen LogP contribution in [0.1, 0.15) is 23.9 Å². The number of nitriles is 1. The fraction of sp³-hybridized carbons (Fsp3) is 0.500. The predicted octanol–water partition coefficient (Wildman–Crippen LogP) is 0.326. The van der Waals surface area contributed by atoms with E-state index in [2.05, 4.69) is 16.5 Å². The first-order valence-corrected chi connectivity index (χ1v) is 3.98. The molecule has 1 aromatic heterocycles. The second-order valence-electron chi connectivity index (χ2n) is 2.99. The summed E-state index contributed by atoms with van der Waals surface area (Å²) in [5, 5.41) is 16.1. The van der Waals surface area contributed by atoms with Gasteiger partial charge >= 0.3 is 0 Å². The first-order valence-electron chi connectivity index (χ1n) is 3.98. The molecule has 1 aromatic rings. The molecule has 4 nitrogen and oxygen atoms in total. The van der Waals surface area contributed by atoms with Gasteiger partial charge in [-0.2, -0.15) is 10.4 Å². The largest absolute Gasteiger partial charge is 0.308 e. The Kier molecular flexibility index (Phi) is 1.59. The van der Waals surface area contributed by atoms with Crippen LogP contribution in [0.25, 0.3) is 0 Å². The molecule has 0 radical (unpaired) electrons. The van der Waals surface area contributed by atoms with Crippen LogP contribution in [-0.2, 0) is 7.05 Å². The molecule has 2 heterocycles. The second kappa shape index (κ2) is 2.61. The Morgan fingerprint density at radius 1 is 1.83 bits per heavy atom. The maximum Gasteiger partial charge on any atom is 0.138 e. The Bertz CT molecular complexity index is 329. The lowest BCUT2D eigenvalue weighted by Crippen LogP contribution is -2.35. The Hall–Kier alpha value is -1.34. The molecule has 0 spiro atoms. The molecule has 12 heavy (non-hydrogen) atoms. The maximum absolute atomic E-state index is 8.67. The lowest BCUT2D eigenvalue weighted by atomic mass is 10.0. The zero-order chi connectivity index (χ0) is 8.55. The summed E-state index contributed by atoms with van der Waals surface area (Å²) in [6.07, 6.45) is 1.13. The van der Waals surface area contributed by atoms with Crippen LogP contribution >= 0.6 is 0 Å². The summed E-state index contributed by atoms with van der Waals surface area (Å²) >= 11 is 0. The van der Waals surface area contributed by atoms with E-state index >= 15 is 0 Å². The summed E-state index contributed by atoms with van der Waals surface area (Å²) in [5.74, 6) is 0. The number of nitrogens with zero attached hydrogens (tertiary/aromatic N) is 3. The molecule has 4 heteroatoms. The van der Waals surface area contributed by atoms with Gasteiger partial charge in [0.15, 0.2) is 0 Å². The lowest BCUT2D eigenvalue weighted by molar-refractivity contribution is 0.372. The third kappa shape index (κ3) is 0.990. The molecular weight excluding hydrogens is 152 g/mol. The van der Waals surface area contributed by atoms with Gasteiger partial charge in [-0.3, -0.25) is 4.68 Å². The Morgan fingerprint density at radius 3 is 3.00 bits per heavy atom. The molecule has 62 valence electrons. The SMILES string of the molecule is Cn1nc(C2CCN2)cc1C#N. The van der Waals surface area contributed by atoms with Gasteiger partial charge in [-0.15, -0.1) is 0 Å². The van der Waals surface area contributed by atoms with Crippen molar-refractivity contribution in [2.75, 3.05) is 6.54 Å². The topological polar surface area (TPSA) is 53.6 Å². The van der Waals surface area contributed by atoms with E-state index in [1.54, 1.807) is 11.7 Å². The Morgan fingerprint density at radius 2 is 2.58 bits per heavy atom. The standard InChI is InChI=1S/C8H10N4/c1-12-6(5-9)4-8(11-12)7-2-3-10-7/h4,7,10H,2-3H2,1H3. The summed E-state index contributed by atoms with van der Waals surface area (Å²) in [5.41, 5.74) is 1.61. The van der Waals surface area contributed by atoms with Gasteiger partial charge in [0.2, 0.25) is 0 Å². The summed E-state index contributed by atoms with van der Waals surface area (Å²) in [6, 6.07) is 4.31. The summed E-state index contributed by atoms with van der Waals surface area (Å²) in [6.45, 7) is 1.06. The van der Waals surface area contributed by atoms with Crippen LogP contribution in [0.2, 0.25) is 0 Å². The highest BCUT2D eigenvalue weighted by atomic mass is 15.3.